The molecule has 0 aliphatic carbocycles. The molecule has 1 aliphatic heterocycles. The smallest absolute Gasteiger partial charge is 0.339 e. The molecular formula is C17H12N2O5S3. The number of aliphatic imine (C=N–C) groups is 1. The van der Waals surface area contributed by atoms with Gasteiger partial charge in [-0.3, -0.25) is 4.99 Å². The summed E-state index contributed by atoms with van der Waals surface area (Å²) in [6.45, 7) is 0. The van der Waals surface area contributed by atoms with Crippen LogP contribution in [0.5, 0.6) is 5.75 Å². The summed E-state index contributed by atoms with van der Waals surface area (Å²) in [6.07, 6.45) is 0. The first kappa shape index (κ1) is 18.0. The number of rotatable bonds is 5. The molecule has 0 bridgehead atoms. The van der Waals surface area contributed by atoms with Gasteiger partial charge in [-0.25, -0.2) is 9.78 Å². The molecule has 7 nitrogen and oxygen atoms in total. The third-order valence-electron chi connectivity index (χ3n) is 3.72. The Morgan fingerprint density at radius 2 is 1.96 bits per heavy atom. The van der Waals surface area contributed by atoms with Crippen molar-refractivity contribution in [2.45, 2.75) is 10.9 Å². The monoisotopic (exact) mass is 420 g/mol. The largest absolute Gasteiger partial charge is 0.480 e. The zero-order valence-electron chi connectivity index (χ0n) is 13.6. The summed E-state index contributed by atoms with van der Waals surface area (Å²) in [5, 5.41) is 10.2. The Balaban J connectivity index is 1.62. The highest BCUT2D eigenvalue weighted by molar-refractivity contribution is 8.15. The molecule has 1 atom stereocenters. The summed E-state index contributed by atoms with van der Waals surface area (Å²) in [7, 11) is -3.92. The molecule has 3 aromatic rings. The lowest BCUT2D eigenvalue weighted by molar-refractivity contribution is -0.137. The van der Waals surface area contributed by atoms with E-state index < -0.39 is 22.1 Å². The van der Waals surface area contributed by atoms with Crippen LogP contribution in [0.3, 0.4) is 0 Å². The fourth-order valence-corrected chi connectivity index (χ4v) is 5.46. The maximum absolute atomic E-state index is 12.3. The van der Waals surface area contributed by atoms with Crippen molar-refractivity contribution in [3.63, 3.8) is 0 Å². The Morgan fingerprint density at radius 3 is 2.67 bits per heavy atom. The Kier molecular flexibility index (Phi) is 4.62. The zero-order chi connectivity index (χ0) is 19.0. The van der Waals surface area contributed by atoms with Gasteiger partial charge in [0.25, 0.3) is 0 Å². The van der Waals surface area contributed by atoms with Gasteiger partial charge in [0.15, 0.2) is 6.04 Å². The molecule has 2 aromatic carbocycles. The van der Waals surface area contributed by atoms with E-state index in [1.165, 1.54) is 41.3 Å². The van der Waals surface area contributed by atoms with Crippen LogP contribution < -0.4 is 4.18 Å². The van der Waals surface area contributed by atoms with Crippen molar-refractivity contribution >= 4 is 54.4 Å². The number of thioether (sulfide) groups is 1. The lowest BCUT2D eigenvalue weighted by Gasteiger charge is -2.06. The van der Waals surface area contributed by atoms with Crippen LogP contribution in [0.4, 0.5) is 0 Å². The number of nitrogens with zero attached hydrogens (tertiary/aromatic N) is 2. The molecule has 10 heteroatoms. The van der Waals surface area contributed by atoms with Crippen LogP contribution in [-0.2, 0) is 14.9 Å². The van der Waals surface area contributed by atoms with Crippen LogP contribution in [-0.4, -0.2) is 41.3 Å². The number of thiazole rings is 1. The highest BCUT2D eigenvalue weighted by atomic mass is 32.2. The van der Waals surface area contributed by atoms with Gasteiger partial charge in [0.1, 0.15) is 20.7 Å². The van der Waals surface area contributed by atoms with Gasteiger partial charge in [-0.1, -0.05) is 18.2 Å². The number of aromatic nitrogens is 1. The second-order valence-corrected chi connectivity index (χ2v) is 9.18. The number of benzene rings is 2. The minimum Gasteiger partial charge on any atom is -0.480 e. The molecule has 1 aromatic heterocycles. The second kappa shape index (κ2) is 6.95. The van der Waals surface area contributed by atoms with Crippen LogP contribution >= 0.6 is 23.1 Å². The van der Waals surface area contributed by atoms with Gasteiger partial charge >= 0.3 is 16.1 Å². The van der Waals surface area contributed by atoms with Gasteiger partial charge < -0.3 is 9.29 Å². The van der Waals surface area contributed by atoms with E-state index in [-0.39, 0.29) is 10.6 Å². The molecule has 1 N–H and O–H groups in total. The van der Waals surface area contributed by atoms with Crippen molar-refractivity contribution in [3.05, 3.63) is 53.5 Å². The Morgan fingerprint density at radius 1 is 1.19 bits per heavy atom. The molecular weight excluding hydrogens is 408 g/mol. The molecule has 4 rings (SSSR count). The van der Waals surface area contributed by atoms with Gasteiger partial charge in [-0.2, -0.15) is 8.42 Å². The number of fused-ring (bicyclic) bond motifs is 1. The van der Waals surface area contributed by atoms with Crippen molar-refractivity contribution in [2.75, 3.05) is 5.75 Å². The molecule has 1 aliphatic rings. The van der Waals surface area contributed by atoms with E-state index in [2.05, 4.69) is 9.98 Å². The van der Waals surface area contributed by atoms with Crippen LogP contribution in [0.2, 0.25) is 0 Å². The van der Waals surface area contributed by atoms with E-state index in [0.717, 1.165) is 4.70 Å². The number of carbonyl (C=O) groups is 1. The Bertz CT molecular complexity index is 1160. The quantitative estimate of drug-likeness (QED) is 0.633. The third kappa shape index (κ3) is 3.68. The molecule has 0 radical (unpaired) electrons. The minimum absolute atomic E-state index is 0.0755. The van der Waals surface area contributed by atoms with E-state index in [1.807, 2.05) is 0 Å². The summed E-state index contributed by atoms with van der Waals surface area (Å²) in [4.78, 5) is 19.7. The number of hydrogen-bond acceptors (Lipinski definition) is 8. The minimum atomic E-state index is -3.92. The fourth-order valence-electron chi connectivity index (χ4n) is 2.43. The van der Waals surface area contributed by atoms with Crippen LogP contribution in [0.1, 0.15) is 5.01 Å². The van der Waals surface area contributed by atoms with Crippen molar-refractivity contribution in [1.29, 1.82) is 0 Å². The van der Waals surface area contributed by atoms with Crippen molar-refractivity contribution in [2.24, 2.45) is 4.99 Å². The van der Waals surface area contributed by atoms with Crippen LogP contribution in [0, 0.1) is 0 Å². The number of carboxylic acid groups (broad SMARTS) is 1. The van der Waals surface area contributed by atoms with E-state index >= 15 is 0 Å². The van der Waals surface area contributed by atoms with Crippen LogP contribution in [0.25, 0.3) is 10.2 Å². The first-order valence-electron chi connectivity index (χ1n) is 7.76. The molecule has 0 amide bonds. The molecule has 0 fully saturated rings. The molecule has 0 spiro atoms. The zero-order valence-corrected chi connectivity index (χ0v) is 16.1. The average molecular weight is 420 g/mol. The van der Waals surface area contributed by atoms with Crippen molar-refractivity contribution in [1.82, 2.24) is 4.98 Å². The summed E-state index contributed by atoms with van der Waals surface area (Å²) in [5.74, 6) is -0.393. The standard InChI is InChI=1S/C17H12N2O5S3/c20-17(21)13-9-25-15(19-13)16-18-12-7-6-10(8-14(12)26-16)24-27(22,23)11-4-2-1-3-5-11/h1-8,13H,9H2,(H,20,21)/t13-/m1/s1. The summed E-state index contributed by atoms with van der Waals surface area (Å²) < 4.78 is 30.6. The Labute approximate surface area is 162 Å². The second-order valence-electron chi connectivity index (χ2n) is 5.60. The molecule has 0 saturated heterocycles. The lowest BCUT2D eigenvalue weighted by atomic mass is 10.3. The molecule has 27 heavy (non-hydrogen) atoms. The van der Waals surface area contributed by atoms with Crippen molar-refractivity contribution in [3.8, 4) is 5.75 Å². The highest BCUT2D eigenvalue weighted by Gasteiger charge is 2.27. The van der Waals surface area contributed by atoms with E-state index in [0.29, 0.717) is 21.3 Å². The maximum Gasteiger partial charge on any atom is 0.339 e. The first-order valence-corrected chi connectivity index (χ1v) is 11.0. The lowest BCUT2D eigenvalue weighted by Crippen LogP contribution is -2.17. The Hall–Kier alpha value is -2.43. The van der Waals surface area contributed by atoms with Gasteiger partial charge in [0.2, 0.25) is 0 Å². The summed E-state index contributed by atoms with van der Waals surface area (Å²) in [5.41, 5.74) is 0.668. The number of aliphatic carboxylic acids is 1. The van der Waals surface area contributed by atoms with E-state index in [9.17, 15) is 13.2 Å². The molecule has 2 heterocycles. The highest BCUT2D eigenvalue weighted by Crippen LogP contribution is 2.32. The summed E-state index contributed by atoms with van der Waals surface area (Å²) in [6, 6.07) is 12.0. The average Bonchev–Trinajstić information content (AvgIpc) is 3.28. The maximum atomic E-state index is 12.3. The van der Waals surface area contributed by atoms with E-state index in [4.69, 9.17) is 9.29 Å². The fraction of sp³-hybridized carbons (Fsp3) is 0.118. The first-order chi connectivity index (χ1) is 12.9. The SMILES string of the molecule is O=C(O)[C@H]1CSC(c2nc3ccc(OS(=O)(=O)c4ccccc4)cc3s2)=N1. The predicted molar refractivity (Wildman–Crippen MR) is 104 cm³/mol. The molecule has 0 saturated carbocycles. The predicted octanol–water partition coefficient (Wildman–Crippen LogP) is 3.01. The van der Waals surface area contributed by atoms with Gasteiger partial charge in [-0.05, 0) is 24.3 Å². The normalized spacial score (nSPS) is 17.0. The number of carboxylic acids is 1. The number of hydrogen-bond donors (Lipinski definition) is 1. The topological polar surface area (TPSA) is 106 Å². The summed E-state index contributed by atoms with van der Waals surface area (Å²) >= 11 is 2.66. The van der Waals surface area contributed by atoms with Crippen LogP contribution in [0.15, 0.2) is 58.4 Å². The van der Waals surface area contributed by atoms with Gasteiger partial charge in [0, 0.05) is 11.8 Å². The van der Waals surface area contributed by atoms with Crippen molar-refractivity contribution < 1.29 is 22.5 Å². The van der Waals surface area contributed by atoms with Gasteiger partial charge in [0.05, 0.1) is 10.2 Å². The molecule has 138 valence electrons. The third-order valence-corrected chi connectivity index (χ3v) is 7.19. The van der Waals surface area contributed by atoms with E-state index in [1.54, 1.807) is 30.3 Å². The van der Waals surface area contributed by atoms with Gasteiger partial charge in [-0.15, -0.1) is 23.1 Å². The molecule has 0 unspecified atom stereocenters.